The highest BCUT2D eigenvalue weighted by Gasteiger charge is 2.17. The summed E-state index contributed by atoms with van der Waals surface area (Å²) < 4.78 is 6.83. The number of carbonyl (C=O) groups excluding carboxylic acids is 1. The Labute approximate surface area is 144 Å². The number of pyridine rings is 1. The van der Waals surface area contributed by atoms with Crippen LogP contribution >= 0.6 is 0 Å². The monoisotopic (exact) mass is 338 g/mol. The number of nitrogens with zero attached hydrogens (tertiary/aromatic N) is 4. The molecule has 3 rings (SSSR count). The summed E-state index contributed by atoms with van der Waals surface area (Å²) >= 11 is 0. The van der Waals surface area contributed by atoms with Crippen molar-refractivity contribution in [1.29, 1.82) is 0 Å². The van der Waals surface area contributed by atoms with Crippen LogP contribution in [-0.2, 0) is 16.0 Å². The Kier molecular flexibility index (Phi) is 4.74. The van der Waals surface area contributed by atoms with E-state index in [1.54, 1.807) is 25.1 Å². The normalized spacial score (nSPS) is 11.3. The Morgan fingerprint density at radius 1 is 1.20 bits per heavy atom. The molecule has 0 aliphatic rings. The lowest BCUT2D eigenvalue weighted by Gasteiger charge is -2.03. The second kappa shape index (κ2) is 7.12. The number of hydrogen-bond acceptors (Lipinski definition) is 6. The number of ether oxygens (including phenoxy) is 1. The van der Waals surface area contributed by atoms with Crippen LogP contribution in [-0.4, -0.2) is 27.1 Å². The summed E-state index contributed by atoms with van der Waals surface area (Å²) in [7, 11) is 0. The lowest BCUT2D eigenvalue weighted by molar-refractivity contribution is -0.142. The fourth-order valence-electron chi connectivity index (χ4n) is 2.50. The number of rotatable bonds is 5. The zero-order chi connectivity index (χ0) is 17.8. The summed E-state index contributed by atoms with van der Waals surface area (Å²) in [4.78, 5) is 16.3. The number of phenolic OH excluding ortho intramolecular Hbond substituents is 1. The highest BCUT2D eigenvalue weighted by atomic mass is 16.5. The van der Waals surface area contributed by atoms with E-state index in [-0.39, 0.29) is 18.1 Å². The molecule has 7 nitrogen and oxygen atoms in total. The molecule has 0 saturated carbocycles. The zero-order valence-electron chi connectivity index (χ0n) is 14.0. The summed E-state index contributed by atoms with van der Waals surface area (Å²) in [6, 6.07) is 12.3. The van der Waals surface area contributed by atoms with Gasteiger partial charge in [0, 0.05) is 5.69 Å². The predicted octanol–water partition coefficient (Wildman–Crippen LogP) is 3.87. The van der Waals surface area contributed by atoms with E-state index in [1.165, 1.54) is 6.07 Å². The minimum Gasteiger partial charge on any atom is -0.506 e. The van der Waals surface area contributed by atoms with Crippen LogP contribution in [0.15, 0.2) is 52.7 Å². The third-order valence-electron chi connectivity index (χ3n) is 3.64. The minimum atomic E-state index is -0.373. The number of aromatic nitrogens is 2. The molecule has 0 bridgehead atoms. The molecule has 0 spiro atoms. The van der Waals surface area contributed by atoms with Gasteiger partial charge in [-0.3, -0.25) is 9.20 Å². The summed E-state index contributed by atoms with van der Waals surface area (Å²) in [5.41, 5.74) is 2.40. The number of hydrogen-bond donors (Lipinski definition) is 1. The number of aryl methyl sites for hydroxylation is 1. The van der Waals surface area contributed by atoms with E-state index in [1.807, 2.05) is 29.5 Å². The lowest BCUT2D eigenvalue weighted by atomic mass is 10.3. The smallest absolute Gasteiger partial charge is 0.312 e. The van der Waals surface area contributed by atoms with Crippen molar-refractivity contribution in [1.82, 2.24) is 9.38 Å². The number of carbonyl (C=O) groups is 1. The van der Waals surface area contributed by atoms with E-state index in [4.69, 9.17) is 4.74 Å². The Morgan fingerprint density at radius 2 is 2.00 bits per heavy atom. The second-order valence-electron chi connectivity index (χ2n) is 5.41. The molecule has 0 radical (unpaired) electrons. The Morgan fingerprint density at radius 3 is 2.76 bits per heavy atom. The number of aromatic hydroxyl groups is 1. The molecule has 25 heavy (non-hydrogen) atoms. The third-order valence-corrected chi connectivity index (χ3v) is 3.64. The van der Waals surface area contributed by atoms with E-state index in [0.29, 0.717) is 29.5 Å². The van der Waals surface area contributed by atoms with Crippen LogP contribution in [0.3, 0.4) is 0 Å². The maximum absolute atomic E-state index is 11.9. The van der Waals surface area contributed by atoms with E-state index in [2.05, 4.69) is 15.2 Å². The fourth-order valence-corrected chi connectivity index (χ4v) is 2.50. The molecule has 0 aliphatic heterocycles. The Hall–Kier alpha value is -3.22. The van der Waals surface area contributed by atoms with Crippen LogP contribution in [0.5, 0.6) is 5.75 Å². The van der Waals surface area contributed by atoms with E-state index in [9.17, 15) is 9.90 Å². The molecular formula is C18H18N4O3. The number of esters is 1. The van der Waals surface area contributed by atoms with Gasteiger partial charge in [0.2, 0.25) is 0 Å². The van der Waals surface area contributed by atoms with E-state index in [0.717, 1.165) is 5.69 Å². The first-order valence-corrected chi connectivity index (χ1v) is 7.92. The molecule has 128 valence electrons. The van der Waals surface area contributed by atoms with Gasteiger partial charge in [0.25, 0.3) is 0 Å². The van der Waals surface area contributed by atoms with Gasteiger partial charge in [-0.1, -0.05) is 18.2 Å². The third kappa shape index (κ3) is 3.50. The highest BCUT2D eigenvalue weighted by Crippen LogP contribution is 2.30. The van der Waals surface area contributed by atoms with Crippen LogP contribution in [0.4, 0.5) is 11.5 Å². The summed E-state index contributed by atoms with van der Waals surface area (Å²) in [5, 5.41) is 18.2. The summed E-state index contributed by atoms with van der Waals surface area (Å²) in [5.74, 6) is 0.107. The van der Waals surface area contributed by atoms with Gasteiger partial charge in [-0.2, -0.15) is 0 Å². The molecule has 2 aromatic heterocycles. The molecule has 7 heteroatoms. The van der Waals surface area contributed by atoms with Gasteiger partial charge in [0.1, 0.15) is 17.1 Å². The van der Waals surface area contributed by atoms with Crippen molar-refractivity contribution in [2.45, 2.75) is 20.3 Å². The van der Waals surface area contributed by atoms with Gasteiger partial charge in [0.15, 0.2) is 5.82 Å². The van der Waals surface area contributed by atoms with Crippen molar-refractivity contribution in [2.24, 2.45) is 10.2 Å². The highest BCUT2D eigenvalue weighted by molar-refractivity contribution is 5.74. The SMILES string of the molecule is CCOC(=O)Cc1nc2cccc(C)n2c1N=Nc1ccccc1O. The number of azo groups is 1. The molecule has 1 aromatic carbocycles. The molecule has 0 unspecified atom stereocenters. The standard InChI is InChI=1S/C18H18N4O3/c1-3-25-17(24)11-14-18(21-20-13-8-4-5-9-15(13)23)22-12(2)7-6-10-16(22)19-14/h4-10,23H,3,11H2,1-2H3. The lowest BCUT2D eigenvalue weighted by Crippen LogP contribution is -2.07. The van der Waals surface area contributed by atoms with Gasteiger partial charge in [0.05, 0.1) is 18.7 Å². The molecular weight excluding hydrogens is 320 g/mol. The quantitative estimate of drug-likeness (QED) is 0.565. The second-order valence-corrected chi connectivity index (χ2v) is 5.41. The first-order valence-electron chi connectivity index (χ1n) is 7.92. The van der Waals surface area contributed by atoms with Gasteiger partial charge >= 0.3 is 5.97 Å². The van der Waals surface area contributed by atoms with Crippen molar-refractivity contribution < 1.29 is 14.6 Å². The van der Waals surface area contributed by atoms with E-state index >= 15 is 0 Å². The predicted molar refractivity (Wildman–Crippen MR) is 92.5 cm³/mol. The number of benzene rings is 1. The Balaban J connectivity index is 2.07. The van der Waals surface area contributed by atoms with Crippen LogP contribution in [0.2, 0.25) is 0 Å². The van der Waals surface area contributed by atoms with E-state index < -0.39 is 0 Å². The maximum Gasteiger partial charge on any atom is 0.312 e. The fraction of sp³-hybridized carbons (Fsp3) is 0.222. The molecule has 0 aliphatic carbocycles. The maximum atomic E-state index is 11.9. The molecule has 0 amide bonds. The number of para-hydroxylation sites is 1. The van der Waals surface area contributed by atoms with Crippen LogP contribution in [0.25, 0.3) is 5.65 Å². The van der Waals surface area contributed by atoms with Crippen LogP contribution < -0.4 is 0 Å². The van der Waals surface area contributed by atoms with Crippen molar-refractivity contribution in [2.75, 3.05) is 6.61 Å². The van der Waals surface area contributed by atoms with Gasteiger partial charge < -0.3 is 9.84 Å². The molecule has 3 aromatic rings. The minimum absolute atomic E-state index is 0.00405. The first kappa shape index (κ1) is 16.6. The summed E-state index contributed by atoms with van der Waals surface area (Å²) in [6.07, 6.45) is 0.00405. The van der Waals surface area contributed by atoms with Crippen LogP contribution in [0, 0.1) is 6.92 Å². The number of imidazole rings is 1. The zero-order valence-corrected chi connectivity index (χ0v) is 14.0. The topological polar surface area (TPSA) is 88.5 Å². The van der Waals surface area contributed by atoms with Crippen molar-refractivity contribution in [3.63, 3.8) is 0 Å². The molecule has 0 atom stereocenters. The van der Waals surface area contributed by atoms with Crippen LogP contribution in [0.1, 0.15) is 18.3 Å². The molecule has 2 heterocycles. The summed E-state index contributed by atoms with van der Waals surface area (Å²) in [6.45, 7) is 3.98. The van der Waals surface area contributed by atoms with Crippen molar-refractivity contribution >= 4 is 23.1 Å². The number of fused-ring (bicyclic) bond motifs is 1. The van der Waals surface area contributed by atoms with Crippen molar-refractivity contribution in [3.05, 3.63) is 53.9 Å². The molecule has 0 saturated heterocycles. The van der Waals surface area contributed by atoms with Crippen molar-refractivity contribution in [3.8, 4) is 5.75 Å². The van der Waals surface area contributed by atoms with Gasteiger partial charge in [-0.15, -0.1) is 10.2 Å². The number of phenols is 1. The largest absolute Gasteiger partial charge is 0.506 e. The first-order chi connectivity index (χ1) is 12.1. The molecule has 1 N–H and O–H groups in total. The average molecular weight is 338 g/mol. The van der Waals surface area contributed by atoms with Gasteiger partial charge in [-0.05, 0) is 38.1 Å². The molecule has 0 fully saturated rings. The van der Waals surface area contributed by atoms with Gasteiger partial charge in [-0.25, -0.2) is 4.98 Å². The average Bonchev–Trinajstić information content (AvgIpc) is 2.93. The Bertz CT molecular complexity index is 947.